The summed E-state index contributed by atoms with van der Waals surface area (Å²) in [4.78, 5) is 9.50. The minimum Gasteiger partial charge on any atom is -0.379 e. The van der Waals surface area contributed by atoms with Gasteiger partial charge in [0.2, 0.25) is 0 Å². The van der Waals surface area contributed by atoms with Crippen LogP contribution in [0.25, 0.3) is 0 Å². The SMILES string of the molecule is CN=C(NCC(C)(C)N1CCOCC1)NC1CCN(Cc2ccccc2)CC1.I. The number of hydrogen-bond donors (Lipinski definition) is 2. The Balaban J connectivity index is 0.00000300. The van der Waals surface area contributed by atoms with Gasteiger partial charge < -0.3 is 15.4 Å². The Morgan fingerprint density at radius 1 is 1.10 bits per heavy atom. The van der Waals surface area contributed by atoms with Crippen LogP contribution in [0.4, 0.5) is 0 Å². The van der Waals surface area contributed by atoms with Crippen LogP contribution in [0.1, 0.15) is 32.3 Å². The van der Waals surface area contributed by atoms with Gasteiger partial charge in [-0.1, -0.05) is 30.3 Å². The Morgan fingerprint density at radius 2 is 1.76 bits per heavy atom. The van der Waals surface area contributed by atoms with Gasteiger partial charge in [0.1, 0.15) is 0 Å². The minimum absolute atomic E-state index is 0. The summed E-state index contributed by atoms with van der Waals surface area (Å²) in [5.41, 5.74) is 1.48. The fourth-order valence-electron chi connectivity index (χ4n) is 4.05. The molecule has 2 N–H and O–H groups in total. The molecule has 0 spiro atoms. The lowest BCUT2D eigenvalue weighted by Gasteiger charge is -2.41. The van der Waals surface area contributed by atoms with Gasteiger partial charge in [0, 0.05) is 57.9 Å². The quantitative estimate of drug-likeness (QED) is 0.347. The van der Waals surface area contributed by atoms with E-state index in [4.69, 9.17) is 4.74 Å². The molecule has 2 heterocycles. The third-order valence-electron chi connectivity index (χ3n) is 5.96. The van der Waals surface area contributed by atoms with Gasteiger partial charge in [0.25, 0.3) is 0 Å². The molecule has 6 nitrogen and oxygen atoms in total. The molecule has 164 valence electrons. The molecule has 2 saturated heterocycles. The number of rotatable bonds is 6. The van der Waals surface area contributed by atoms with E-state index in [0.717, 1.165) is 71.3 Å². The number of hydrogen-bond acceptors (Lipinski definition) is 4. The third kappa shape index (κ3) is 7.70. The molecule has 2 fully saturated rings. The predicted octanol–water partition coefficient (Wildman–Crippen LogP) is 2.54. The van der Waals surface area contributed by atoms with E-state index in [1.165, 1.54) is 5.56 Å². The summed E-state index contributed by atoms with van der Waals surface area (Å²) >= 11 is 0. The van der Waals surface area contributed by atoms with Crippen molar-refractivity contribution in [3.05, 3.63) is 35.9 Å². The summed E-state index contributed by atoms with van der Waals surface area (Å²) in [6, 6.07) is 11.2. The maximum Gasteiger partial charge on any atom is 0.191 e. The first-order valence-corrected chi connectivity index (χ1v) is 10.6. The molecule has 1 aromatic carbocycles. The number of likely N-dealkylation sites (tertiary alicyclic amines) is 1. The summed E-state index contributed by atoms with van der Waals surface area (Å²) in [6.45, 7) is 12.4. The monoisotopic (exact) mass is 515 g/mol. The maximum absolute atomic E-state index is 5.49. The van der Waals surface area contributed by atoms with Crippen molar-refractivity contribution in [2.24, 2.45) is 4.99 Å². The van der Waals surface area contributed by atoms with E-state index in [9.17, 15) is 0 Å². The summed E-state index contributed by atoms with van der Waals surface area (Å²) < 4.78 is 5.49. The van der Waals surface area contributed by atoms with Crippen LogP contribution in [0.2, 0.25) is 0 Å². The van der Waals surface area contributed by atoms with Gasteiger partial charge in [-0.3, -0.25) is 14.8 Å². The summed E-state index contributed by atoms with van der Waals surface area (Å²) in [5.74, 6) is 0.919. The second kappa shape index (κ2) is 12.1. The smallest absolute Gasteiger partial charge is 0.191 e. The van der Waals surface area contributed by atoms with Crippen molar-refractivity contribution in [1.29, 1.82) is 0 Å². The molecule has 0 saturated carbocycles. The van der Waals surface area contributed by atoms with Crippen LogP contribution in [-0.4, -0.2) is 80.3 Å². The zero-order valence-corrected chi connectivity index (χ0v) is 20.5. The number of halogens is 1. The van der Waals surface area contributed by atoms with Gasteiger partial charge in [0.15, 0.2) is 5.96 Å². The van der Waals surface area contributed by atoms with Gasteiger partial charge >= 0.3 is 0 Å². The molecule has 0 radical (unpaired) electrons. The first-order valence-electron chi connectivity index (χ1n) is 10.6. The molecular weight excluding hydrogens is 477 g/mol. The van der Waals surface area contributed by atoms with Crippen molar-refractivity contribution in [1.82, 2.24) is 20.4 Å². The maximum atomic E-state index is 5.49. The Morgan fingerprint density at radius 3 is 2.38 bits per heavy atom. The fourth-order valence-corrected chi connectivity index (χ4v) is 4.05. The number of morpholine rings is 1. The first-order chi connectivity index (χ1) is 13.6. The zero-order valence-electron chi connectivity index (χ0n) is 18.2. The van der Waals surface area contributed by atoms with E-state index in [2.05, 4.69) is 69.6 Å². The average molecular weight is 515 g/mol. The van der Waals surface area contributed by atoms with Crippen molar-refractivity contribution in [3.8, 4) is 0 Å². The Labute approximate surface area is 193 Å². The number of nitrogens with zero attached hydrogens (tertiary/aromatic N) is 3. The standard InChI is InChI=1S/C22H37N5O.HI/c1-22(2,27-13-15-28-16-14-27)18-24-21(23-3)25-20-9-11-26(12-10-20)17-19-7-5-4-6-8-19;/h4-8,20H,9-18H2,1-3H3,(H2,23,24,25);1H. The molecule has 0 aromatic heterocycles. The number of piperidine rings is 1. The summed E-state index contributed by atoms with van der Waals surface area (Å²) in [6.07, 6.45) is 2.31. The largest absolute Gasteiger partial charge is 0.379 e. The highest BCUT2D eigenvalue weighted by Gasteiger charge is 2.28. The topological polar surface area (TPSA) is 52.1 Å². The van der Waals surface area contributed by atoms with Crippen LogP contribution in [0, 0.1) is 0 Å². The van der Waals surface area contributed by atoms with Crippen LogP contribution in [0.5, 0.6) is 0 Å². The highest BCUT2D eigenvalue weighted by atomic mass is 127. The van der Waals surface area contributed by atoms with Gasteiger partial charge in [0.05, 0.1) is 13.2 Å². The highest BCUT2D eigenvalue weighted by Crippen LogP contribution is 2.16. The number of aliphatic imine (C=N–C) groups is 1. The minimum atomic E-state index is 0. The Bertz CT molecular complexity index is 611. The molecule has 2 aliphatic heterocycles. The number of benzene rings is 1. The number of ether oxygens (including phenoxy) is 1. The van der Waals surface area contributed by atoms with Crippen molar-refractivity contribution >= 4 is 29.9 Å². The van der Waals surface area contributed by atoms with Crippen molar-refractivity contribution in [3.63, 3.8) is 0 Å². The number of nitrogens with one attached hydrogen (secondary N) is 2. The first kappa shape index (κ1) is 24.4. The van der Waals surface area contributed by atoms with Gasteiger partial charge in [-0.25, -0.2) is 0 Å². The van der Waals surface area contributed by atoms with Gasteiger partial charge in [-0.15, -0.1) is 24.0 Å². The van der Waals surface area contributed by atoms with E-state index in [1.807, 2.05) is 7.05 Å². The van der Waals surface area contributed by atoms with E-state index < -0.39 is 0 Å². The second-order valence-electron chi connectivity index (χ2n) is 8.52. The molecule has 7 heteroatoms. The zero-order chi connectivity index (χ0) is 19.8. The second-order valence-corrected chi connectivity index (χ2v) is 8.52. The van der Waals surface area contributed by atoms with Crippen LogP contribution in [-0.2, 0) is 11.3 Å². The predicted molar refractivity (Wildman–Crippen MR) is 131 cm³/mol. The normalized spacial score (nSPS) is 20.2. The molecule has 0 atom stereocenters. The van der Waals surface area contributed by atoms with E-state index in [-0.39, 0.29) is 29.5 Å². The lowest BCUT2D eigenvalue weighted by atomic mass is 10.0. The molecule has 0 aliphatic carbocycles. The summed E-state index contributed by atoms with van der Waals surface area (Å²) in [7, 11) is 1.86. The molecular formula is C22H38IN5O. The van der Waals surface area contributed by atoms with Crippen LogP contribution >= 0.6 is 24.0 Å². The molecule has 29 heavy (non-hydrogen) atoms. The lowest BCUT2D eigenvalue weighted by Crippen LogP contribution is -2.57. The highest BCUT2D eigenvalue weighted by molar-refractivity contribution is 14.0. The van der Waals surface area contributed by atoms with Crippen LogP contribution in [0.3, 0.4) is 0 Å². The van der Waals surface area contributed by atoms with Crippen molar-refractivity contribution in [2.45, 2.75) is 44.8 Å². The van der Waals surface area contributed by atoms with E-state index >= 15 is 0 Å². The third-order valence-corrected chi connectivity index (χ3v) is 5.96. The number of guanidine groups is 1. The van der Waals surface area contributed by atoms with Crippen molar-refractivity contribution in [2.75, 3.05) is 53.0 Å². The Hall–Kier alpha value is -0.900. The molecule has 1 aromatic rings. The van der Waals surface area contributed by atoms with Gasteiger partial charge in [-0.2, -0.15) is 0 Å². The molecule has 2 aliphatic rings. The Kier molecular flexibility index (Phi) is 10.1. The molecule has 3 rings (SSSR count). The average Bonchev–Trinajstić information content (AvgIpc) is 2.74. The van der Waals surface area contributed by atoms with Crippen molar-refractivity contribution < 1.29 is 4.74 Å². The summed E-state index contributed by atoms with van der Waals surface area (Å²) in [5, 5.41) is 7.18. The molecule has 0 unspecified atom stereocenters. The van der Waals surface area contributed by atoms with Crippen LogP contribution < -0.4 is 10.6 Å². The fraction of sp³-hybridized carbons (Fsp3) is 0.682. The van der Waals surface area contributed by atoms with E-state index in [0.29, 0.717) is 6.04 Å². The van der Waals surface area contributed by atoms with Gasteiger partial charge in [-0.05, 0) is 32.3 Å². The molecule has 0 bridgehead atoms. The van der Waals surface area contributed by atoms with Crippen LogP contribution in [0.15, 0.2) is 35.3 Å². The lowest BCUT2D eigenvalue weighted by molar-refractivity contribution is -0.00835. The van der Waals surface area contributed by atoms with E-state index in [1.54, 1.807) is 0 Å². The molecule has 0 amide bonds.